The number of aliphatic carboxylic acids is 1. The maximum Gasteiger partial charge on any atom is 0.305 e. The predicted octanol–water partition coefficient (Wildman–Crippen LogP) is 2.79. The van der Waals surface area contributed by atoms with Crippen molar-refractivity contribution in [2.24, 2.45) is 0 Å². The Hall–Kier alpha value is -1.55. The number of likely N-dealkylation sites (tertiary alicyclic amines) is 1. The van der Waals surface area contributed by atoms with Crippen LogP contribution in [0.2, 0.25) is 0 Å². The first kappa shape index (κ1) is 14.9. The highest BCUT2D eigenvalue weighted by Crippen LogP contribution is 2.40. The summed E-state index contributed by atoms with van der Waals surface area (Å²) in [6.45, 7) is 5.93. The Labute approximate surface area is 120 Å². The molecule has 1 aliphatic rings. The zero-order chi connectivity index (χ0) is 14.8. The van der Waals surface area contributed by atoms with E-state index in [4.69, 9.17) is 4.74 Å². The van der Waals surface area contributed by atoms with Crippen molar-refractivity contribution in [3.05, 3.63) is 29.3 Å². The van der Waals surface area contributed by atoms with Crippen molar-refractivity contribution in [3.8, 4) is 5.75 Å². The predicted molar refractivity (Wildman–Crippen MR) is 78.1 cm³/mol. The van der Waals surface area contributed by atoms with Crippen LogP contribution in [0.1, 0.15) is 37.3 Å². The molecule has 4 nitrogen and oxygen atoms in total. The van der Waals surface area contributed by atoms with Crippen LogP contribution in [0.25, 0.3) is 0 Å². The first-order valence-electron chi connectivity index (χ1n) is 7.09. The Bertz CT molecular complexity index is 494. The van der Waals surface area contributed by atoms with Gasteiger partial charge in [-0.2, -0.15) is 0 Å². The quantitative estimate of drug-likeness (QED) is 0.899. The van der Waals surface area contributed by atoms with Gasteiger partial charge in [0.15, 0.2) is 0 Å². The van der Waals surface area contributed by atoms with Gasteiger partial charge in [0, 0.05) is 5.56 Å². The van der Waals surface area contributed by atoms with Crippen molar-refractivity contribution in [1.82, 2.24) is 4.90 Å². The number of ether oxygens (including phenoxy) is 1. The van der Waals surface area contributed by atoms with Gasteiger partial charge in [0.1, 0.15) is 5.75 Å². The molecule has 4 heteroatoms. The molecule has 0 bridgehead atoms. The van der Waals surface area contributed by atoms with Gasteiger partial charge >= 0.3 is 5.97 Å². The van der Waals surface area contributed by atoms with E-state index in [2.05, 4.69) is 11.0 Å². The topological polar surface area (TPSA) is 49.8 Å². The second-order valence-corrected chi connectivity index (χ2v) is 5.74. The Morgan fingerprint density at radius 2 is 2.05 bits per heavy atom. The number of hydrogen-bond donors (Lipinski definition) is 1. The molecule has 1 aliphatic heterocycles. The molecule has 1 unspecified atom stereocenters. The lowest BCUT2D eigenvalue weighted by Gasteiger charge is -2.39. The summed E-state index contributed by atoms with van der Waals surface area (Å²) in [4.78, 5) is 13.6. The molecule has 0 spiro atoms. The van der Waals surface area contributed by atoms with Crippen LogP contribution in [0.4, 0.5) is 0 Å². The van der Waals surface area contributed by atoms with E-state index in [1.807, 2.05) is 26.0 Å². The molecule has 0 radical (unpaired) electrons. The first-order valence-corrected chi connectivity index (χ1v) is 7.09. The number of rotatable bonds is 5. The van der Waals surface area contributed by atoms with Crippen LogP contribution >= 0.6 is 0 Å². The molecule has 110 valence electrons. The van der Waals surface area contributed by atoms with Crippen molar-refractivity contribution in [2.75, 3.05) is 20.2 Å². The van der Waals surface area contributed by atoms with Crippen LogP contribution in [0.3, 0.4) is 0 Å². The lowest BCUT2D eigenvalue weighted by atomic mass is 9.85. The molecular weight excluding hydrogens is 254 g/mol. The van der Waals surface area contributed by atoms with Gasteiger partial charge in [0.2, 0.25) is 0 Å². The van der Waals surface area contributed by atoms with Crippen LogP contribution in [0.15, 0.2) is 18.2 Å². The number of hydrogen-bond acceptors (Lipinski definition) is 3. The van der Waals surface area contributed by atoms with Crippen molar-refractivity contribution in [1.29, 1.82) is 0 Å². The fourth-order valence-electron chi connectivity index (χ4n) is 3.13. The van der Waals surface area contributed by atoms with Gasteiger partial charge < -0.3 is 9.84 Å². The van der Waals surface area contributed by atoms with Crippen LogP contribution in [-0.4, -0.2) is 36.2 Å². The lowest BCUT2D eigenvalue weighted by molar-refractivity contribution is -0.140. The molecule has 1 atom stereocenters. The third-order valence-corrected chi connectivity index (χ3v) is 4.23. The number of carboxylic acids is 1. The molecule has 1 heterocycles. The molecule has 0 aromatic heterocycles. The normalized spacial score (nSPS) is 18.8. The molecule has 20 heavy (non-hydrogen) atoms. The smallest absolute Gasteiger partial charge is 0.305 e. The van der Waals surface area contributed by atoms with Crippen molar-refractivity contribution < 1.29 is 14.6 Å². The SMILES string of the molecule is COc1ccc(C)cc1C(C)(CC(=O)O)N1CCCC1. The van der Waals surface area contributed by atoms with Gasteiger partial charge in [-0.25, -0.2) is 0 Å². The summed E-state index contributed by atoms with van der Waals surface area (Å²) in [5, 5.41) is 9.34. The molecule has 1 N–H and O–H groups in total. The number of carboxylic acid groups (broad SMARTS) is 1. The maximum atomic E-state index is 11.4. The van der Waals surface area contributed by atoms with E-state index in [0.29, 0.717) is 0 Å². The van der Waals surface area contributed by atoms with Gasteiger partial charge in [0.25, 0.3) is 0 Å². The molecule has 2 rings (SSSR count). The standard InChI is InChI=1S/C16H23NO3/c1-12-6-7-14(20-3)13(10-12)16(2,11-15(18)19)17-8-4-5-9-17/h6-7,10H,4-5,8-9,11H2,1-3H3,(H,18,19). The first-order chi connectivity index (χ1) is 9.47. The highest BCUT2D eigenvalue weighted by molar-refractivity contribution is 5.69. The zero-order valence-corrected chi connectivity index (χ0v) is 12.5. The van der Waals surface area contributed by atoms with Gasteiger partial charge in [-0.3, -0.25) is 9.69 Å². The zero-order valence-electron chi connectivity index (χ0n) is 12.5. The summed E-state index contributed by atoms with van der Waals surface area (Å²) < 4.78 is 5.47. The molecular formula is C16H23NO3. The lowest BCUT2D eigenvalue weighted by Crippen LogP contribution is -2.44. The molecule has 1 fully saturated rings. The van der Waals surface area contributed by atoms with Gasteiger partial charge in [-0.1, -0.05) is 17.7 Å². The summed E-state index contributed by atoms with van der Waals surface area (Å²) in [6.07, 6.45) is 2.35. The van der Waals surface area contributed by atoms with Crippen LogP contribution in [-0.2, 0) is 10.3 Å². The fourth-order valence-corrected chi connectivity index (χ4v) is 3.13. The average molecular weight is 277 g/mol. The van der Waals surface area contributed by atoms with E-state index in [1.54, 1.807) is 7.11 Å². The number of benzene rings is 1. The third kappa shape index (κ3) is 2.80. The third-order valence-electron chi connectivity index (χ3n) is 4.23. The van der Waals surface area contributed by atoms with E-state index >= 15 is 0 Å². The largest absolute Gasteiger partial charge is 0.496 e. The Balaban J connectivity index is 2.49. The molecule has 0 amide bonds. The average Bonchev–Trinajstić information content (AvgIpc) is 2.92. The fraction of sp³-hybridized carbons (Fsp3) is 0.562. The van der Waals surface area contributed by atoms with E-state index in [-0.39, 0.29) is 6.42 Å². The minimum atomic E-state index is -0.775. The summed E-state index contributed by atoms with van der Waals surface area (Å²) >= 11 is 0. The van der Waals surface area contributed by atoms with Gasteiger partial charge in [-0.15, -0.1) is 0 Å². The number of aryl methyl sites for hydroxylation is 1. The summed E-state index contributed by atoms with van der Waals surface area (Å²) in [5.41, 5.74) is 1.58. The molecule has 0 aliphatic carbocycles. The molecule has 1 aromatic rings. The second-order valence-electron chi connectivity index (χ2n) is 5.74. The van der Waals surface area contributed by atoms with E-state index in [9.17, 15) is 9.90 Å². The highest BCUT2D eigenvalue weighted by atomic mass is 16.5. The van der Waals surface area contributed by atoms with Gasteiger partial charge in [-0.05, 0) is 45.8 Å². The Morgan fingerprint density at radius 3 is 2.60 bits per heavy atom. The summed E-state index contributed by atoms with van der Waals surface area (Å²) in [6, 6.07) is 5.98. The molecule has 1 saturated heterocycles. The summed E-state index contributed by atoms with van der Waals surface area (Å²) in [5.74, 6) is -0.00536. The highest BCUT2D eigenvalue weighted by Gasteiger charge is 2.39. The number of carbonyl (C=O) groups is 1. The number of nitrogens with zero attached hydrogens (tertiary/aromatic N) is 1. The van der Waals surface area contributed by atoms with Crippen LogP contribution < -0.4 is 4.74 Å². The molecule has 0 saturated carbocycles. The monoisotopic (exact) mass is 277 g/mol. The Kier molecular flexibility index (Phi) is 4.33. The Morgan fingerprint density at radius 1 is 1.40 bits per heavy atom. The van der Waals surface area contributed by atoms with E-state index in [1.165, 1.54) is 0 Å². The van der Waals surface area contributed by atoms with Crippen molar-refractivity contribution in [2.45, 2.75) is 38.6 Å². The minimum absolute atomic E-state index is 0.0901. The number of methoxy groups -OCH3 is 1. The van der Waals surface area contributed by atoms with Crippen LogP contribution in [0.5, 0.6) is 5.75 Å². The van der Waals surface area contributed by atoms with Crippen LogP contribution in [0, 0.1) is 6.92 Å². The maximum absolute atomic E-state index is 11.4. The van der Waals surface area contributed by atoms with Crippen molar-refractivity contribution in [3.63, 3.8) is 0 Å². The van der Waals surface area contributed by atoms with E-state index < -0.39 is 11.5 Å². The van der Waals surface area contributed by atoms with Crippen molar-refractivity contribution >= 4 is 5.97 Å². The molecule has 1 aromatic carbocycles. The summed E-state index contributed by atoms with van der Waals surface area (Å²) in [7, 11) is 1.64. The van der Waals surface area contributed by atoms with Gasteiger partial charge in [0.05, 0.1) is 19.1 Å². The van der Waals surface area contributed by atoms with E-state index in [0.717, 1.165) is 42.8 Å². The minimum Gasteiger partial charge on any atom is -0.496 e. The second kappa shape index (κ2) is 5.83.